The van der Waals surface area contributed by atoms with Crippen molar-refractivity contribution >= 4 is 18.4 Å². The molecule has 2 heterocycles. The Bertz CT molecular complexity index is 815. The lowest BCUT2D eigenvalue weighted by Gasteiger charge is -2.01. The third kappa shape index (κ3) is 2.95. The minimum absolute atomic E-state index is 0.455. The topological polar surface area (TPSA) is 58.9 Å². The second kappa shape index (κ2) is 5.80. The maximum atomic E-state index is 5.23. The molecule has 2 aromatic heterocycles. The Kier molecular flexibility index (Phi) is 3.70. The Morgan fingerprint density at radius 1 is 1.14 bits per heavy atom. The molecule has 0 aliphatic heterocycles. The Hall–Kier alpha value is -2.60. The van der Waals surface area contributed by atoms with Crippen LogP contribution in [-0.4, -0.2) is 26.1 Å². The summed E-state index contributed by atoms with van der Waals surface area (Å²) in [6.45, 7) is 2.04. The van der Waals surface area contributed by atoms with Crippen molar-refractivity contribution in [3.05, 3.63) is 64.7 Å². The minimum atomic E-state index is 0.455. The molecule has 104 valence electrons. The van der Waals surface area contributed by atoms with E-state index in [0.717, 1.165) is 11.1 Å². The summed E-state index contributed by atoms with van der Waals surface area (Å²) in [5, 5.41) is 11.4. The lowest BCUT2D eigenvalue weighted by atomic mass is 10.1. The van der Waals surface area contributed by atoms with E-state index in [2.05, 4.69) is 20.3 Å². The molecule has 3 aromatic rings. The van der Waals surface area contributed by atoms with Gasteiger partial charge in [0.1, 0.15) is 0 Å². The van der Waals surface area contributed by atoms with Gasteiger partial charge in [0.15, 0.2) is 5.82 Å². The molecular formula is C15H13N5S. The van der Waals surface area contributed by atoms with Crippen molar-refractivity contribution < 1.29 is 0 Å². The number of nitrogens with zero attached hydrogens (tertiary/aromatic N) is 4. The third-order valence-electron chi connectivity index (χ3n) is 2.99. The number of nitrogens with one attached hydrogen (secondary N) is 1. The first kappa shape index (κ1) is 13.4. The molecular weight excluding hydrogens is 282 g/mol. The molecule has 0 aliphatic rings. The molecule has 0 unspecified atom stereocenters. The van der Waals surface area contributed by atoms with Gasteiger partial charge in [0.05, 0.1) is 6.21 Å². The molecule has 0 radical (unpaired) electrons. The predicted molar refractivity (Wildman–Crippen MR) is 84.8 cm³/mol. The van der Waals surface area contributed by atoms with Crippen molar-refractivity contribution in [2.24, 2.45) is 5.10 Å². The summed E-state index contributed by atoms with van der Waals surface area (Å²) in [5.74, 6) is 0.685. The zero-order valence-electron chi connectivity index (χ0n) is 11.4. The van der Waals surface area contributed by atoms with E-state index in [1.807, 2.05) is 43.3 Å². The quantitative estimate of drug-likeness (QED) is 0.596. The van der Waals surface area contributed by atoms with Gasteiger partial charge in [-0.05, 0) is 36.8 Å². The molecule has 0 amide bonds. The minimum Gasteiger partial charge on any atom is -0.265 e. The third-order valence-corrected chi connectivity index (χ3v) is 3.25. The highest BCUT2D eigenvalue weighted by molar-refractivity contribution is 7.71. The summed E-state index contributed by atoms with van der Waals surface area (Å²) in [5.41, 5.74) is 3.10. The molecule has 21 heavy (non-hydrogen) atoms. The van der Waals surface area contributed by atoms with E-state index in [1.165, 1.54) is 5.56 Å². The van der Waals surface area contributed by atoms with Crippen LogP contribution in [0.25, 0.3) is 11.4 Å². The SMILES string of the molecule is Cc1ccc(-c2n[nH]c(=S)n2/N=C\c2ccncc2)cc1. The zero-order valence-corrected chi connectivity index (χ0v) is 12.2. The summed E-state index contributed by atoms with van der Waals surface area (Å²) < 4.78 is 2.07. The van der Waals surface area contributed by atoms with Crippen LogP contribution in [-0.2, 0) is 0 Å². The van der Waals surface area contributed by atoms with E-state index in [1.54, 1.807) is 23.3 Å². The van der Waals surface area contributed by atoms with Gasteiger partial charge in [0, 0.05) is 18.0 Å². The molecule has 5 nitrogen and oxygen atoms in total. The van der Waals surface area contributed by atoms with Gasteiger partial charge in [0.2, 0.25) is 4.77 Å². The van der Waals surface area contributed by atoms with Crippen LogP contribution in [0.15, 0.2) is 53.9 Å². The van der Waals surface area contributed by atoms with Gasteiger partial charge in [-0.25, -0.2) is 5.10 Å². The van der Waals surface area contributed by atoms with Gasteiger partial charge in [0.25, 0.3) is 0 Å². The number of benzene rings is 1. The van der Waals surface area contributed by atoms with Crippen LogP contribution in [0.2, 0.25) is 0 Å². The normalized spacial score (nSPS) is 11.1. The molecule has 0 atom stereocenters. The molecule has 0 bridgehead atoms. The second-order valence-electron chi connectivity index (χ2n) is 4.56. The summed E-state index contributed by atoms with van der Waals surface area (Å²) in [7, 11) is 0. The Balaban J connectivity index is 2.00. The van der Waals surface area contributed by atoms with E-state index in [-0.39, 0.29) is 0 Å². The Morgan fingerprint density at radius 2 is 1.86 bits per heavy atom. The molecule has 0 saturated carbocycles. The molecule has 6 heteroatoms. The van der Waals surface area contributed by atoms with Crippen LogP contribution in [0.4, 0.5) is 0 Å². The van der Waals surface area contributed by atoms with Gasteiger partial charge in [-0.2, -0.15) is 14.9 Å². The standard InChI is InChI=1S/C15H13N5S/c1-11-2-4-13(5-3-11)14-18-19-15(21)20(14)17-10-12-6-8-16-9-7-12/h2-10H,1H3,(H,19,21)/b17-10-. The number of pyridine rings is 1. The summed E-state index contributed by atoms with van der Waals surface area (Å²) in [4.78, 5) is 3.97. The van der Waals surface area contributed by atoms with Crippen LogP contribution in [0, 0.1) is 11.7 Å². The van der Waals surface area contributed by atoms with Crippen LogP contribution in [0.1, 0.15) is 11.1 Å². The Morgan fingerprint density at radius 3 is 2.57 bits per heavy atom. The van der Waals surface area contributed by atoms with E-state index >= 15 is 0 Å². The zero-order chi connectivity index (χ0) is 14.7. The highest BCUT2D eigenvalue weighted by Gasteiger charge is 2.07. The van der Waals surface area contributed by atoms with E-state index in [4.69, 9.17) is 12.2 Å². The average Bonchev–Trinajstić information content (AvgIpc) is 2.88. The number of aromatic nitrogens is 4. The largest absolute Gasteiger partial charge is 0.265 e. The second-order valence-corrected chi connectivity index (χ2v) is 4.94. The van der Waals surface area contributed by atoms with Gasteiger partial charge in [-0.3, -0.25) is 4.98 Å². The average molecular weight is 295 g/mol. The molecule has 0 aliphatic carbocycles. The van der Waals surface area contributed by atoms with Crippen LogP contribution in [0.5, 0.6) is 0 Å². The first-order valence-corrected chi connectivity index (χ1v) is 6.84. The van der Waals surface area contributed by atoms with E-state index in [0.29, 0.717) is 10.6 Å². The predicted octanol–water partition coefficient (Wildman–Crippen LogP) is 3.19. The van der Waals surface area contributed by atoms with E-state index < -0.39 is 0 Å². The van der Waals surface area contributed by atoms with Crippen molar-refractivity contribution in [3.63, 3.8) is 0 Å². The van der Waals surface area contributed by atoms with Gasteiger partial charge in [-0.15, -0.1) is 0 Å². The van der Waals surface area contributed by atoms with Crippen LogP contribution < -0.4 is 0 Å². The van der Waals surface area contributed by atoms with Gasteiger partial charge >= 0.3 is 0 Å². The fourth-order valence-electron chi connectivity index (χ4n) is 1.86. The maximum absolute atomic E-state index is 5.23. The smallest absolute Gasteiger partial charge is 0.216 e. The monoisotopic (exact) mass is 295 g/mol. The molecule has 0 fully saturated rings. The van der Waals surface area contributed by atoms with Gasteiger partial charge < -0.3 is 0 Å². The maximum Gasteiger partial charge on any atom is 0.216 e. The molecule has 0 saturated heterocycles. The number of hydrogen-bond donors (Lipinski definition) is 1. The number of aryl methyl sites for hydroxylation is 1. The first-order chi connectivity index (χ1) is 10.2. The van der Waals surface area contributed by atoms with Crippen LogP contribution >= 0.6 is 12.2 Å². The number of H-pyrrole nitrogens is 1. The van der Waals surface area contributed by atoms with Crippen molar-refractivity contribution in [2.75, 3.05) is 0 Å². The highest BCUT2D eigenvalue weighted by atomic mass is 32.1. The van der Waals surface area contributed by atoms with Crippen molar-refractivity contribution in [3.8, 4) is 11.4 Å². The van der Waals surface area contributed by atoms with Gasteiger partial charge in [-0.1, -0.05) is 29.8 Å². The molecule has 0 spiro atoms. The van der Waals surface area contributed by atoms with Crippen molar-refractivity contribution in [1.29, 1.82) is 0 Å². The summed E-state index contributed by atoms with van der Waals surface area (Å²) in [6, 6.07) is 11.8. The Labute approximate surface area is 127 Å². The number of aromatic amines is 1. The lowest BCUT2D eigenvalue weighted by molar-refractivity contribution is 0.871. The summed E-state index contributed by atoms with van der Waals surface area (Å²) >= 11 is 5.23. The highest BCUT2D eigenvalue weighted by Crippen LogP contribution is 2.17. The molecule has 1 aromatic carbocycles. The summed E-state index contributed by atoms with van der Waals surface area (Å²) in [6.07, 6.45) is 5.17. The fraction of sp³-hybridized carbons (Fsp3) is 0.0667. The molecule has 3 rings (SSSR count). The van der Waals surface area contributed by atoms with Crippen molar-refractivity contribution in [1.82, 2.24) is 19.9 Å². The number of rotatable bonds is 3. The first-order valence-electron chi connectivity index (χ1n) is 6.43. The molecule has 1 N–H and O–H groups in total. The fourth-order valence-corrected chi connectivity index (χ4v) is 2.04. The lowest BCUT2D eigenvalue weighted by Crippen LogP contribution is -1.95. The van der Waals surface area contributed by atoms with Crippen LogP contribution in [0.3, 0.4) is 0 Å². The van der Waals surface area contributed by atoms with Crippen molar-refractivity contribution in [2.45, 2.75) is 6.92 Å². The van der Waals surface area contributed by atoms with E-state index in [9.17, 15) is 0 Å². The number of hydrogen-bond acceptors (Lipinski definition) is 4.